The van der Waals surface area contributed by atoms with E-state index in [0.29, 0.717) is 17.1 Å². The van der Waals surface area contributed by atoms with E-state index in [1.165, 1.54) is 12.1 Å². The zero-order valence-corrected chi connectivity index (χ0v) is 17.5. The highest BCUT2D eigenvalue weighted by Gasteiger charge is 2.11. The number of aryl methyl sites for hydroxylation is 1. The van der Waals surface area contributed by atoms with Gasteiger partial charge in [-0.1, -0.05) is 31.2 Å². The van der Waals surface area contributed by atoms with Crippen molar-refractivity contribution >= 4 is 5.91 Å². The van der Waals surface area contributed by atoms with Crippen LogP contribution in [0.4, 0.5) is 4.39 Å². The minimum Gasteiger partial charge on any atom is -0.491 e. The Morgan fingerprint density at radius 3 is 2.68 bits per heavy atom. The second kappa shape index (κ2) is 10.5. The van der Waals surface area contributed by atoms with Crippen LogP contribution in [0.2, 0.25) is 0 Å². The van der Waals surface area contributed by atoms with Gasteiger partial charge in [0.1, 0.15) is 17.3 Å². The van der Waals surface area contributed by atoms with Gasteiger partial charge in [-0.15, -0.1) is 10.2 Å². The van der Waals surface area contributed by atoms with E-state index in [2.05, 4.69) is 20.5 Å². The Balaban J connectivity index is 1.58. The van der Waals surface area contributed by atoms with Crippen LogP contribution in [0.25, 0.3) is 11.4 Å². The number of ether oxygens (including phenoxy) is 1. The smallest absolute Gasteiger partial charge is 0.273 e. The number of H-pyrrole nitrogens is 1. The molecule has 7 nitrogen and oxygen atoms in total. The fraction of sp³-hybridized carbons (Fsp3) is 0.304. The summed E-state index contributed by atoms with van der Waals surface area (Å²) in [6, 6.07) is 13.2. The second-order valence-electron chi connectivity index (χ2n) is 7.22. The van der Waals surface area contributed by atoms with Crippen molar-refractivity contribution in [2.75, 3.05) is 0 Å². The number of aromatic nitrogens is 3. The molecule has 2 N–H and O–H groups in total. The van der Waals surface area contributed by atoms with Crippen molar-refractivity contribution in [1.29, 1.82) is 0 Å². The maximum Gasteiger partial charge on any atom is 0.273 e. The van der Waals surface area contributed by atoms with Gasteiger partial charge in [-0.2, -0.15) is 0 Å². The summed E-state index contributed by atoms with van der Waals surface area (Å²) in [5.41, 5.74) is 1.28. The largest absolute Gasteiger partial charge is 0.491 e. The van der Waals surface area contributed by atoms with Crippen LogP contribution in [-0.4, -0.2) is 27.2 Å². The third kappa shape index (κ3) is 6.47. The van der Waals surface area contributed by atoms with Gasteiger partial charge in [-0.25, -0.2) is 4.39 Å². The summed E-state index contributed by atoms with van der Waals surface area (Å²) in [4.78, 5) is 27.2. The van der Waals surface area contributed by atoms with Crippen LogP contribution in [0.5, 0.6) is 5.75 Å². The van der Waals surface area contributed by atoms with Crippen molar-refractivity contribution in [1.82, 2.24) is 20.5 Å². The summed E-state index contributed by atoms with van der Waals surface area (Å²) in [6.07, 6.45) is 1.22. The zero-order chi connectivity index (χ0) is 22.2. The summed E-state index contributed by atoms with van der Waals surface area (Å²) in [7, 11) is 0. The molecule has 0 radical (unpaired) electrons. The minimum atomic E-state index is -0.385. The quantitative estimate of drug-likeness (QED) is 0.549. The van der Waals surface area contributed by atoms with Gasteiger partial charge in [0.05, 0.1) is 6.10 Å². The van der Waals surface area contributed by atoms with Gasteiger partial charge in [0.15, 0.2) is 5.82 Å². The van der Waals surface area contributed by atoms with Crippen molar-refractivity contribution in [3.8, 4) is 17.1 Å². The molecule has 8 heteroatoms. The van der Waals surface area contributed by atoms with Crippen molar-refractivity contribution in [3.05, 3.63) is 76.0 Å². The first kappa shape index (κ1) is 22.1. The van der Waals surface area contributed by atoms with Crippen LogP contribution >= 0.6 is 0 Å². The number of carbonyl (C=O) groups excluding carboxylic acids is 1. The Labute approximate surface area is 179 Å². The van der Waals surface area contributed by atoms with Crippen molar-refractivity contribution in [2.24, 2.45) is 0 Å². The molecule has 0 spiro atoms. The summed E-state index contributed by atoms with van der Waals surface area (Å²) in [5.74, 6) is 0.469. The van der Waals surface area contributed by atoms with E-state index < -0.39 is 0 Å². The van der Waals surface area contributed by atoms with E-state index >= 15 is 0 Å². The monoisotopic (exact) mass is 424 g/mol. The molecule has 3 aromatic rings. The van der Waals surface area contributed by atoms with Gasteiger partial charge in [-0.3, -0.25) is 9.59 Å². The summed E-state index contributed by atoms with van der Waals surface area (Å²) in [6.45, 7) is 4.31. The second-order valence-corrected chi connectivity index (χ2v) is 7.22. The molecule has 1 aromatic heterocycles. The van der Waals surface area contributed by atoms with E-state index in [1.54, 1.807) is 18.2 Å². The standard InChI is InChI=1S/C23H25FN4O3/c1-3-15(2)31-19-6-4-5-17(13-19)22-26-23(30)20(27-28-22)11-12-21(29)25-14-16-7-9-18(24)10-8-16/h4-10,13,15H,3,11-12,14H2,1-2H3,(H,25,29)(H,26,28,30). The number of hydrogen-bond acceptors (Lipinski definition) is 5. The van der Waals surface area contributed by atoms with Crippen LogP contribution in [0.3, 0.4) is 0 Å². The molecule has 0 bridgehead atoms. The number of nitrogens with one attached hydrogen (secondary N) is 2. The Kier molecular flexibility index (Phi) is 7.48. The first-order valence-electron chi connectivity index (χ1n) is 10.2. The number of hydrogen-bond donors (Lipinski definition) is 2. The van der Waals surface area contributed by atoms with E-state index in [1.807, 2.05) is 32.0 Å². The summed E-state index contributed by atoms with van der Waals surface area (Å²) in [5, 5.41) is 10.8. The molecule has 1 unspecified atom stereocenters. The Morgan fingerprint density at radius 2 is 1.97 bits per heavy atom. The number of amides is 1. The predicted molar refractivity (Wildman–Crippen MR) is 115 cm³/mol. The molecule has 0 aliphatic rings. The lowest BCUT2D eigenvalue weighted by Crippen LogP contribution is -2.25. The number of nitrogens with zero attached hydrogens (tertiary/aromatic N) is 2. The number of benzene rings is 2. The summed E-state index contributed by atoms with van der Waals surface area (Å²) < 4.78 is 18.7. The molecule has 0 saturated heterocycles. The van der Waals surface area contributed by atoms with Crippen LogP contribution in [0, 0.1) is 5.82 Å². The van der Waals surface area contributed by atoms with Gasteiger partial charge >= 0.3 is 0 Å². The molecule has 3 rings (SSSR count). The van der Waals surface area contributed by atoms with Gasteiger partial charge < -0.3 is 15.0 Å². The van der Waals surface area contributed by atoms with Crippen LogP contribution in [-0.2, 0) is 17.8 Å². The maximum absolute atomic E-state index is 12.9. The third-order valence-electron chi connectivity index (χ3n) is 4.78. The highest BCUT2D eigenvalue weighted by atomic mass is 19.1. The molecule has 2 aromatic carbocycles. The number of carbonyl (C=O) groups is 1. The summed E-state index contributed by atoms with van der Waals surface area (Å²) >= 11 is 0. The average Bonchev–Trinajstić information content (AvgIpc) is 2.78. The minimum absolute atomic E-state index is 0.0805. The fourth-order valence-electron chi connectivity index (χ4n) is 2.81. The van der Waals surface area contributed by atoms with Crippen LogP contribution in [0.15, 0.2) is 53.3 Å². The molecule has 1 heterocycles. The lowest BCUT2D eigenvalue weighted by molar-refractivity contribution is -0.121. The Morgan fingerprint density at radius 1 is 1.19 bits per heavy atom. The fourth-order valence-corrected chi connectivity index (χ4v) is 2.81. The molecule has 0 aliphatic heterocycles. The molecule has 0 aliphatic carbocycles. The van der Waals surface area contributed by atoms with Crippen LogP contribution < -0.4 is 15.6 Å². The number of halogens is 1. The van der Waals surface area contributed by atoms with Crippen molar-refractivity contribution < 1.29 is 13.9 Å². The molecule has 1 amide bonds. The topological polar surface area (TPSA) is 97.0 Å². The average molecular weight is 424 g/mol. The lowest BCUT2D eigenvalue weighted by atomic mass is 10.2. The highest BCUT2D eigenvalue weighted by molar-refractivity contribution is 5.76. The molecule has 162 valence electrons. The van der Waals surface area contributed by atoms with Crippen molar-refractivity contribution in [3.63, 3.8) is 0 Å². The van der Waals surface area contributed by atoms with E-state index in [9.17, 15) is 14.0 Å². The van der Waals surface area contributed by atoms with E-state index in [-0.39, 0.29) is 48.5 Å². The van der Waals surface area contributed by atoms with Gasteiger partial charge in [0.2, 0.25) is 5.91 Å². The predicted octanol–water partition coefficient (Wildman–Crippen LogP) is 3.40. The molecular weight excluding hydrogens is 399 g/mol. The lowest BCUT2D eigenvalue weighted by Gasteiger charge is -2.13. The maximum atomic E-state index is 12.9. The van der Waals surface area contributed by atoms with Crippen molar-refractivity contribution in [2.45, 2.75) is 45.8 Å². The number of rotatable bonds is 9. The number of aromatic amines is 1. The molecule has 31 heavy (non-hydrogen) atoms. The zero-order valence-electron chi connectivity index (χ0n) is 17.5. The highest BCUT2D eigenvalue weighted by Crippen LogP contribution is 2.21. The van der Waals surface area contributed by atoms with E-state index in [0.717, 1.165) is 12.0 Å². The third-order valence-corrected chi connectivity index (χ3v) is 4.78. The van der Waals surface area contributed by atoms with Crippen LogP contribution in [0.1, 0.15) is 37.9 Å². The molecule has 0 saturated carbocycles. The molecule has 1 atom stereocenters. The SMILES string of the molecule is CCC(C)Oc1cccc(-c2nnc(CCC(=O)NCc3ccc(F)cc3)c(=O)[nH]2)c1. The molecular formula is C23H25FN4O3. The van der Waals surface area contributed by atoms with Gasteiger partial charge in [0.25, 0.3) is 5.56 Å². The Bertz CT molecular complexity index is 1080. The van der Waals surface area contributed by atoms with Gasteiger partial charge in [-0.05, 0) is 43.2 Å². The van der Waals surface area contributed by atoms with Gasteiger partial charge in [0, 0.05) is 24.9 Å². The first-order chi connectivity index (χ1) is 14.9. The normalized spacial score (nSPS) is 11.7. The molecule has 0 fully saturated rings. The first-order valence-corrected chi connectivity index (χ1v) is 10.2. The van der Waals surface area contributed by atoms with E-state index in [4.69, 9.17) is 4.74 Å². The Hall–Kier alpha value is -3.55.